The van der Waals surface area contributed by atoms with Crippen LogP contribution in [0.4, 0.5) is 4.39 Å². The molecule has 0 unspecified atom stereocenters. The number of halogens is 1. The minimum absolute atomic E-state index is 0.181. The van der Waals surface area contributed by atoms with Gasteiger partial charge in [0.25, 0.3) is 0 Å². The van der Waals surface area contributed by atoms with Gasteiger partial charge in [-0.15, -0.1) is 0 Å². The van der Waals surface area contributed by atoms with Gasteiger partial charge in [-0.3, -0.25) is 0 Å². The van der Waals surface area contributed by atoms with Gasteiger partial charge in [0.2, 0.25) is 0 Å². The van der Waals surface area contributed by atoms with Crippen molar-refractivity contribution < 1.29 is 13.9 Å². The van der Waals surface area contributed by atoms with Gasteiger partial charge in [0.05, 0.1) is 0 Å². The Labute approximate surface area is 135 Å². The largest absolute Gasteiger partial charge is 0.489 e. The molecule has 3 rings (SSSR count). The molecule has 0 fully saturated rings. The second-order valence-corrected chi connectivity index (χ2v) is 5.27. The third-order valence-electron chi connectivity index (χ3n) is 3.41. The van der Waals surface area contributed by atoms with Gasteiger partial charge in [-0.05, 0) is 37.3 Å². The minimum atomic E-state index is -0.264. The fourth-order valence-corrected chi connectivity index (χ4v) is 2.15. The van der Waals surface area contributed by atoms with Crippen molar-refractivity contribution in [1.82, 2.24) is 0 Å². The number of hydrogen-bond acceptors (Lipinski definition) is 2. The van der Waals surface area contributed by atoms with Gasteiger partial charge in [-0.2, -0.15) is 0 Å². The van der Waals surface area contributed by atoms with Crippen molar-refractivity contribution in [3.8, 4) is 17.2 Å². The number of ether oxygens (including phenoxy) is 2. The second kappa shape index (κ2) is 6.97. The van der Waals surface area contributed by atoms with E-state index in [1.807, 2.05) is 49.4 Å². The standard InChI is InChI=1S/C20H17FO2/c1-15-9-11-17(12-10-15)23-19-7-4-6-18(13-19)22-14-16-5-2-3-8-20(16)21/h2-13H,14H2,1H3. The Morgan fingerprint density at radius 2 is 1.52 bits per heavy atom. The molecular weight excluding hydrogens is 291 g/mol. The molecule has 0 aliphatic heterocycles. The Kier molecular flexibility index (Phi) is 4.57. The summed E-state index contributed by atoms with van der Waals surface area (Å²) in [4.78, 5) is 0. The lowest BCUT2D eigenvalue weighted by atomic mass is 10.2. The zero-order valence-corrected chi connectivity index (χ0v) is 12.8. The van der Waals surface area contributed by atoms with Crippen molar-refractivity contribution >= 4 is 0 Å². The summed E-state index contributed by atoms with van der Waals surface area (Å²) in [5.41, 5.74) is 1.71. The van der Waals surface area contributed by atoms with Gasteiger partial charge < -0.3 is 9.47 Å². The topological polar surface area (TPSA) is 18.5 Å². The summed E-state index contributed by atoms with van der Waals surface area (Å²) in [6.07, 6.45) is 0. The average Bonchev–Trinajstić information content (AvgIpc) is 2.57. The van der Waals surface area contributed by atoms with E-state index in [1.54, 1.807) is 24.3 Å². The third kappa shape index (κ3) is 4.10. The van der Waals surface area contributed by atoms with E-state index in [2.05, 4.69) is 0 Å². The first-order valence-corrected chi connectivity index (χ1v) is 7.41. The molecule has 0 atom stereocenters. The first-order valence-electron chi connectivity index (χ1n) is 7.41. The van der Waals surface area contributed by atoms with E-state index in [-0.39, 0.29) is 12.4 Å². The lowest BCUT2D eigenvalue weighted by Gasteiger charge is -2.10. The Bertz CT molecular complexity index is 782. The molecule has 0 amide bonds. The molecule has 3 heteroatoms. The minimum Gasteiger partial charge on any atom is -0.489 e. The molecule has 0 saturated carbocycles. The Hall–Kier alpha value is -2.81. The van der Waals surface area contributed by atoms with Crippen molar-refractivity contribution in [3.63, 3.8) is 0 Å². The maximum Gasteiger partial charge on any atom is 0.131 e. The fourth-order valence-electron chi connectivity index (χ4n) is 2.15. The average molecular weight is 308 g/mol. The molecule has 0 spiro atoms. The molecular formula is C20H17FO2. The summed E-state index contributed by atoms with van der Waals surface area (Å²) in [6.45, 7) is 2.21. The summed E-state index contributed by atoms with van der Waals surface area (Å²) in [7, 11) is 0. The SMILES string of the molecule is Cc1ccc(Oc2cccc(OCc3ccccc3F)c2)cc1. The van der Waals surface area contributed by atoms with E-state index in [9.17, 15) is 4.39 Å². The number of aryl methyl sites for hydroxylation is 1. The van der Waals surface area contributed by atoms with Crippen LogP contribution in [0.1, 0.15) is 11.1 Å². The molecule has 0 radical (unpaired) electrons. The van der Waals surface area contributed by atoms with Gasteiger partial charge >= 0.3 is 0 Å². The normalized spacial score (nSPS) is 10.3. The van der Waals surface area contributed by atoms with Gasteiger partial charge in [-0.25, -0.2) is 4.39 Å². The van der Waals surface area contributed by atoms with Crippen molar-refractivity contribution in [1.29, 1.82) is 0 Å². The molecule has 116 valence electrons. The van der Waals surface area contributed by atoms with Crippen LogP contribution in [0.15, 0.2) is 72.8 Å². The summed E-state index contributed by atoms with van der Waals surface area (Å²) in [5.74, 6) is 1.82. The summed E-state index contributed by atoms with van der Waals surface area (Å²) >= 11 is 0. The molecule has 2 nitrogen and oxygen atoms in total. The van der Waals surface area contributed by atoms with Crippen molar-refractivity contribution in [2.75, 3.05) is 0 Å². The van der Waals surface area contributed by atoms with Crippen LogP contribution in [0.3, 0.4) is 0 Å². The summed E-state index contributed by atoms with van der Waals surface area (Å²) < 4.78 is 25.0. The molecule has 0 aliphatic rings. The molecule has 3 aromatic rings. The molecule has 23 heavy (non-hydrogen) atoms. The Balaban J connectivity index is 1.67. The van der Waals surface area contributed by atoms with Crippen LogP contribution in [0.2, 0.25) is 0 Å². The molecule has 3 aromatic carbocycles. The van der Waals surface area contributed by atoms with E-state index in [1.165, 1.54) is 11.6 Å². The van der Waals surface area contributed by atoms with Crippen LogP contribution < -0.4 is 9.47 Å². The smallest absolute Gasteiger partial charge is 0.131 e. The van der Waals surface area contributed by atoms with Gasteiger partial charge in [-0.1, -0.05) is 42.0 Å². The highest BCUT2D eigenvalue weighted by Crippen LogP contribution is 2.26. The first-order chi connectivity index (χ1) is 11.2. The highest BCUT2D eigenvalue weighted by Gasteiger charge is 2.03. The molecule has 0 aliphatic carbocycles. The highest BCUT2D eigenvalue weighted by atomic mass is 19.1. The van der Waals surface area contributed by atoms with E-state index >= 15 is 0 Å². The van der Waals surface area contributed by atoms with Crippen LogP contribution in [-0.4, -0.2) is 0 Å². The lowest BCUT2D eigenvalue weighted by Crippen LogP contribution is -1.98. The molecule has 0 aromatic heterocycles. The van der Waals surface area contributed by atoms with E-state index in [0.29, 0.717) is 17.1 Å². The zero-order valence-electron chi connectivity index (χ0n) is 12.8. The number of hydrogen-bond donors (Lipinski definition) is 0. The van der Waals surface area contributed by atoms with Crippen LogP contribution in [-0.2, 0) is 6.61 Å². The highest BCUT2D eigenvalue weighted by molar-refractivity contribution is 5.37. The first kappa shape index (κ1) is 15.1. The quantitative estimate of drug-likeness (QED) is 0.619. The maximum atomic E-state index is 13.6. The van der Waals surface area contributed by atoms with Crippen molar-refractivity contribution in [2.24, 2.45) is 0 Å². The zero-order chi connectivity index (χ0) is 16.1. The van der Waals surface area contributed by atoms with E-state index in [4.69, 9.17) is 9.47 Å². The number of benzene rings is 3. The predicted molar refractivity (Wildman–Crippen MR) is 88.4 cm³/mol. The number of rotatable bonds is 5. The van der Waals surface area contributed by atoms with Gasteiger partial charge in [0.15, 0.2) is 0 Å². The van der Waals surface area contributed by atoms with Gasteiger partial charge in [0.1, 0.15) is 29.7 Å². The maximum absolute atomic E-state index is 13.6. The molecule has 0 N–H and O–H groups in total. The summed E-state index contributed by atoms with van der Waals surface area (Å²) in [6, 6.07) is 21.7. The Morgan fingerprint density at radius 1 is 0.783 bits per heavy atom. The Morgan fingerprint density at radius 3 is 2.30 bits per heavy atom. The molecule has 0 saturated heterocycles. The molecule has 0 bridgehead atoms. The van der Waals surface area contributed by atoms with Crippen LogP contribution in [0, 0.1) is 12.7 Å². The van der Waals surface area contributed by atoms with E-state index in [0.717, 1.165) is 5.75 Å². The third-order valence-corrected chi connectivity index (χ3v) is 3.41. The predicted octanol–water partition coefficient (Wildman–Crippen LogP) is 5.51. The van der Waals surface area contributed by atoms with Crippen LogP contribution in [0.5, 0.6) is 17.2 Å². The van der Waals surface area contributed by atoms with Crippen LogP contribution in [0.25, 0.3) is 0 Å². The van der Waals surface area contributed by atoms with Gasteiger partial charge in [0, 0.05) is 11.6 Å². The second-order valence-electron chi connectivity index (χ2n) is 5.27. The van der Waals surface area contributed by atoms with Crippen molar-refractivity contribution in [2.45, 2.75) is 13.5 Å². The molecule has 0 heterocycles. The monoisotopic (exact) mass is 308 g/mol. The summed E-state index contributed by atoms with van der Waals surface area (Å²) in [5, 5.41) is 0. The van der Waals surface area contributed by atoms with Crippen molar-refractivity contribution in [3.05, 3.63) is 89.7 Å². The van der Waals surface area contributed by atoms with E-state index < -0.39 is 0 Å². The van der Waals surface area contributed by atoms with Crippen LogP contribution >= 0.6 is 0 Å². The fraction of sp³-hybridized carbons (Fsp3) is 0.100. The lowest BCUT2D eigenvalue weighted by molar-refractivity contribution is 0.298.